The van der Waals surface area contributed by atoms with Crippen molar-refractivity contribution in [3.8, 4) is 39.9 Å². The van der Waals surface area contributed by atoms with Crippen molar-refractivity contribution in [2.75, 3.05) is 35.5 Å². The van der Waals surface area contributed by atoms with Crippen molar-refractivity contribution in [2.24, 2.45) is 0 Å². The molecule has 0 fully saturated rings. The zero-order valence-corrected chi connectivity index (χ0v) is 14.2. The molecule has 0 amide bonds. The molecule has 2 aromatic carbocycles. The van der Waals surface area contributed by atoms with Gasteiger partial charge in [-0.05, 0) is 18.2 Å². The van der Waals surface area contributed by atoms with E-state index in [1.807, 2.05) is 0 Å². The molecule has 0 N–H and O–H groups in total. The molecule has 0 atom stereocenters. The van der Waals surface area contributed by atoms with E-state index in [0.717, 1.165) is 0 Å². The van der Waals surface area contributed by atoms with Gasteiger partial charge in [0.15, 0.2) is 28.8 Å². The minimum Gasteiger partial charge on any atom is -0.493 e. The fraction of sp³-hybridized carbons (Fsp3) is 0.278. The van der Waals surface area contributed by atoms with Crippen molar-refractivity contribution in [3.05, 3.63) is 29.3 Å². The number of hydrogen-bond donors (Lipinski definition) is 0. The van der Waals surface area contributed by atoms with Crippen LogP contribution >= 0.6 is 0 Å². The summed E-state index contributed by atoms with van der Waals surface area (Å²) >= 11 is 0. The maximum Gasteiger partial charge on any atom is 0.203 e. The zero-order chi connectivity index (χ0) is 17.4. The number of fused-ring (bicyclic) bond motifs is 3. The number of benzene rings is 2. The minimum absolute atomic E-state index is 0.125. The number of ketones is 1. The van der Waals surface area contributed by atoms with Crippen LogP contribution in [0.3, 0.4) is 0 Å². The van der Waals surface area contributed by atoms with Crippen LogP contribution in [0, 0.1) is 0 Å². The van der Waals surface area contributed by atoms with E-state index in [1.54, 1.807) is 25.3 Å². The summed E-state index contributed by atoms with van der Waals surface area (Å²) < 4.78 is 26.9. The van der Waals surface area contributed by atoms with Crippen LogP contribution < -0.4 is 23.7 Å². The average Bonchev–Trinajstić information content (AvgIpc) is 2.90. The Balaban J connectivity index is 2.37. The Morgan fingerprint density at radius 2 is 1.08 bits per heavy atom. The molecule has 1 aliphatic carbocycles. The van der Waals surface area contributed by atoms with Crippen molar-refractivity contribution in [3.63, 3.8) is 0 Å². The molecule has 0 heterocycles. The molecule has 0 saturated carbocycles. The van der Waals surface area contributed by atoms with Gasteiger partial charge in [0.05, 0.1) is 35.5 Å². The van der Waals surface area contributed by atoms with Crippen LogP contribution in [0.15, 0.2) is 18.2 Å². The topological polar surface area (TPSA) is 63.2 Å². The Kier molecular flexibility index (Phi) is 3.97. The molecule has 0 aromatic heterocycles. The molecule has 0 spiro atoms. The van der Waals surface area contributed by atoms with Gasteiger partial charge in [-0.2, -0.15) is 0 Å². The van der Waals surface area contributed by atoms with Crippen LogP contribution in [0.25, 0.3) is 11.1 Å². The summed E-state index contributed by atoms with van der Waals surface area (Å²) in [4.78, 5) is 12.8. The van der Waals surface area contributed by atoms with Gasteiger partial charge in [0, 0.05) is 22.3 Å². The lowest BCUT2D eigenvalue weighted by molar-refractivity contribution is 0.104. The Hall–Kier alpha value is -2.89. The van der Waals surface area contributed by atoms with Gasteiger partial charge >= 0.3 is 0 Å². The number of rotatable bonds is 5. The minimum atomic E-state index is -0.125. The monoisotopic (exact) mass is 330 g/mol. The molecule has 0 radical (unpaired) electrons. The second-order valence-electron chi connectivity index (χ2n) is 5.15. The van der Waals surface area contributed by atoms with Crippen molar-refractivity contribution in [2.45, 2.75) is 0 Å². The summed E-state index contributed by atoms with van der Waals surface area (Å²) in [5.41, 5.74) is 2.40. The number of carbonyl (C=O) groups excluding carboxylic acids is 1. The third kappa shape index (κ3) is 2.06. The van der Waals surface area contributed by atoms with Gasteiger partial charge in [0.2, 0.25) is 5.75 Å². The summed E-state index contributed by atoms with van der Waals surface area (Å²) in [5, 5.41) is 0. The molecule has 0 unspecified atom stereocenters. The number of ether oxygens (including phenoxy) is 5. The molecule has 0 aliphatic heterocycles. The van der Waals surface area contributed by atoms with Crippen LogP contribution in [0.1, 0.15) is 15.9 Å². The van der Waals surface area contributed by atoms with Crippen molar-refractivity contribution >= 4 is 5.78 Å². The highest BCUT2D eigenvalue weighted by Gasteiger charge is 2.35. The summed E-state index contributed by atoms with van der Waals surface area (Å²) in [6.45, 7) is 0. The van der Waals surface area contributed by atoms with Gasteiger partial charge in [-0.15, -0.1) is 0 Å². The summed E-state index contributed by atoms with van der Waals surface area (Å²) in [7, 11) is 7.65. The highest BCUT2D eigenvalue weighted by atomic mass is 16.5. The van der Waals surface area contributed by atoms with E-state index in [-0.39, 0.29) is 5.78 Å². The highest BCUT2D eigenvalue weighted by molar-refractivity contribution is 6.23. The molecular weight excluding hydrogens is 312 g/mol. The van der Waals surface area contributed by atoms with E-state index >= 15 is 0 Å². The fourth-order valence-electron chi connectivity index (χ4n) is 3.02. The summed E-state index contributed by atoms with van der Waals surface area (Å²) in [5.74, 6) is 2.23. The Labute approximate surface area is 139 Å². The number of carbonyl (C=O) groups is 1. The third-order valence-electron chi connectivity index (χ3n) is 4.11. The molecule has 2 aromatic rings. The predicted octanol–water partition coefficient (Wildman–Crippen LogP) is 2.94. The van der Waals surface area contributed by atoms with Gasteiger partial charge < -0.3 is 23.7 Å². The van der Waals surface area contributed by atoms with Crippen molar-refractivity contribution in [1.82, 2.24) is 0 Å². The molecule has 1 aliphatic rings. The lowest BCUT2D eigenvalue weighted by Gasteiger charge is -2.16. The van der Waals surface area contributed by atoms with Gasteiger partial charge in [0.25, 0.3) is 0 Å². The van der Waals surface area contributed by atoms with Gasteiger partial charge in [-0.1, -0.05) is 0 Å². The van der Waals surface area contributed by atoms with E-state index in [9.17, 15) is 4.79 Å². The third-order valence-corrected chi connectivity index (χ3v) is 4.11. The summed E-state index contributed by atoms with van der Waals surface area (Å²) in [6, 6.07) is 5.11. The Bertz CT molecular complexity index is 825. The van der Waals surface area contributed by atoms with E-state index in [0.29, 0.717) is 51.0 Å². The summed E-state index contributed by atoms with van der Waals surface area (Å²) in [6.07, 6.45) is 0. The molecule has 0 bridgehead atoms. The number of methoxy groups -OCH3 is 5. The van der Waals surface area contributed by atoms with Crippen LogP contribution in [0.2, 0.25) is 0 Å². The van der Waals surface area contributed by atoms with Crippen LogP contribution in [0.5, 0.6) is 28.7 Å². The standard InChI is InChI=1S/C18H18O6/c1-20-12-6-9-10(7-13(12)21-2)16(19)11-8-14(22-3)17(23-4)18(24-5)15(9)11/h6-8H,1-5H3. The second-order valence-corrected chi connectivity index (χ2v) is 5.15. The van der Waals surface area contributed by atoms with Crippen LogP contribution in [0.4, 0.5) is 0 Å². The largest absolute Gasteiger partial charge is 0.493 e. The molecule has 24 heavy (non-hydrogen) atoms. The Morgan fingerprint density at radius 3 is 1.58 bits per heavy atom. The van der Waals surface area contributed by atoms with E-state index < -0.39 is 0 Å². The molecule has 126 valence electrons. The average molecular weight is 330 g/mol. The maximum atomic E-state index is 12.8. The molecule has 0 saturated heterocycles. The van der Waals surface area contributed by atoms with Gasteiger partial charge in [0.1, 0.15) is 0 Å². The fourth-order valence-corrected chi connectivity index (χ4v) is 3.02. The molecule has 6 heteroatoms. The van der Waals surface area contributed by atoms with Crippen molar-refractivity contribution in [1.29, 1.82) is 0 Å². The first-order chi connectivity index (χ1) is 11.6. The number of hydrogen-bond acceptors (Lipinski definition) is 6. The normalized spacial score (nSPS) is 11.6. The van der Waals surface area contributed by atoms with E-state index in [4.69, 9.17) is 23.7 Å². The lowest BCUT2D eigenvalue weighted by Crippen LogP contribution is -2.00. The van der Waals surface area contributed by atoms with Crippen LogP contribution in [-0.2, 0) is 0 Å². The first kappa shape index (κ1) is 16.0. The second kappa shape index (κ2) is 5.96. The first-order valence-electron chi connectivity index (χ1n) is 7.25. The molecule has 6 nitrogen and oxygen atoms in total. The quantitative estimate of drug-likeness (QED) is 0.717. The smallest absolute Gasteiger partial charge is 0.203 e. The molecular formula is C18H18O6. The molecule has 3 rings (SSSR count). The lowest BCUT2D eigenvalue weighted by atomic mass is 10.0. The van der Waals surface area contributed by atoms with Crippen molar-refractivity contribution < 1.29 is 28.5 Å². The Morgan fingerprint density at radius 1 is 0.583 bits per heavy atom. The van der Waals surface area contributed by atoms with E-state index in [2.05, 4.69) is 0 Å². The SMILES string of the molecule is COc1cc2c(cc1OC)-c1c(cc(OC)c(OC)c1OC)C2=O. The maximum absolute atomic E-state index is 12.8. The van der Waals surface area contributed by atoms with Gasteiger partial charge in [-0.3, -0.25) is 4.79 Å². The van der Waals surface area contributed by atoms with Crippen LogP contribution in [-0.4, -0.2) is 41.3 Å². The highest BCUT2D eigenvalue weighted by Crippen LogP contribution is 2.53. The van der Waals surface area contributed by atoms with E-state index in [1.165, 1.54) is 28.4 Å². The zero-order valence-electron chi connectivity index (χ0n) is 14.2. The first-order valence-corrected chi connectivity index (χ1v) is 7.25. The van der Waals surface area contributed by atoms with Gasteiger partial charge in [-0.25, -0.2) is 0 Å². The predicted molar refractivity (Wildman–Crippen MR) is 88.1 cm³/mol.